The largest absolute Gasteiger partial charge is 0.491 e. The average Bonchev–Trinajstić information content (AvgIpc) is 2.49. The van der Waals surface area contributed by atoms with Gasteiger partial charge in [0.25, 0.3) is 0 Å². The van der Waals surface area contributed by atoms with Crippen LogP contribution in [0.2, 0.25) is 0 Å². The molecule has 1 aromatic carbocycles. The lowest BCUT2D eigenvalue weighted by Crippen LogP contribution is -2.12. The van der Waals surface area contributed by atoms with Gasteiger partial charge in [0.05, 0.1) is 6.61 Å². The van der Waals surface area contributed by atoms with Crippen molar-refractivity contribution < 1.29 is 13.9 Å². The Bertz CT molecular complexity index is 559. The molecule has 2 aliphatic rings. The fourth-order valence-electron chi connectivity index (χ4n) is 3.26. The maximum Gasteiger partial charge on any atom is 0.171 e. The number of allylic oxidation sites excluding steroid dienone is 1. The topological polar surface area (TPSA) is 18.5 Å². The molecule has 0 N–H and O–H groups in total. The normalized spacial score (nSPS) is 18.4. The Balaban J connectivity index is 1.44. The molecule has 132 valence electrons. The summed E-state index contributed by atoms with van der Waals surface area (Å²) in [6, 6.07) is 3.51. The third-order valence-corrected chi connectivity index (χ3v) is 5.43. The predicted octanol–water partition coefficient (Wildman–Crippen LogP) is 5.83. The SMILES string of the molecule is Cc1c(OC/C=C/C2CCC2)ccc(OCCCC2CCC2)c1F. The van der Waals surface area contributed by atoms with E-state index in [1.54, 1.807) is 13.0 Å². The van der Waals surface area contributed by atoms with Crippen LogP contribution in [-0.2, 0) is 0 Å². The van der Waals surface area contributed by atoms with Crippen molar-refractivity contribution in [3.63, 3.8) is 0 Å². The maximum atomic E-state index is 14.4. The molecule has 2 nitrogen and oxygen atoms in total. The van der Waals surface area contributed by atoms with Gasteiger partial charge in [0.2, 0.25) is 0 Å². The zero-order valence-corrected chi connectivity index (χ0v) is 14.7. The molecular formula is C21H29FO2. The summed E-state index contributed by atoms with van der Waals surface area (Å²) in [5.41, 5.74) is 0.531. The van der Waals surface area contributed by atoms with Crippen LogP contribution < -0.4 is 9.47 Å². The summed E-state index contributed by atoms with van der Waals surface area (Å²) >= 11 is 0. The predicted molar refractivity (Wildman–Crippen MR) is 95.2 cm³/mol. The van der Waals surface area contributed by atoms with Crippen LogP contribution >= 0.6 is 0 Å². The lowest BCUT2D eigenvalue weighted by atomic mass is 9.82. The third-order valence-electron chi connectivity index (χ3n) is 5.43. The second-order valence-electron chi connectivity index (χ2n) is 7.22. The summed E-state index contributed by atoms with van der Waals surface area (Å²) in [5, 5.41) is 0. The lowest BCUT2D eigenvalue weighted by Gasteiger charge is -2.25. The molecule has 0 amide bonds. The summed E-state index contributed by atoms with van der Waals surface area (Å²) in [4.78, 5) is 0. The molecule has 0 unspecified atom stereocenters. The van der Waals surface area contributed by atoms with Gasteiger partial charge in [-0.2, -0.15) is 0 Å². The Morgan fingerprint density at radius 3 is 2.50 bits per heavy atom. The van der Waals surface area contributed by atoms with Crippen LogP contribution in [0.5, 0.6) is 11.5 Å². The van der Waals surface area contributed by atoms with Crippen molar-refractivity contribution in [3.05, 3.63) is 35.7 Å². The number of hydrogen-bond donors (Lipinski definition) is 0. The Labute approximate surface area is 145 Å². The Hall–Kier alpha value is -1.51. The Morgan fingerprint density at radius 2 is 1.83 bits per heavy atom. The lowest BCUT2D eigenvalue weighted by molar-refractivity contribution is 0.241. The van der Waals surface area contributed by atoms with Crippen molar-refractivity contribution >= 4 is 0 Å². The second-order valence-corrected chi connectivity index (χ2v) is 7.22. The van der Waals surface area contributed by atoms with E-state index in [4.69, 9.17) is 9.47 Å². The second kappa shape index (κ2) is 8.55. The van der Waals surface area contributed by atoms with E-state index in [-0.39, 0.29) is 5.82 Å². The van der Waals surface area contributed by atoms with E-state index in [1.165, 1.54) is 44.9 Å². The van der Waals surface area contributed by atoms with Crippen molar-refractivity contribution in [1.82, 2.24) is 0 Å². The molecule has 0 saturated heterocycles. The van der Waals surface area contributed by atoms with Gasteiger partial charge in [0.1, 0.15) is 12.4 Å². The van der Waals surface area contributed by atoms with Gasteiger partial charge in [-0.3, -0.25) is 0 Å². The zero-order valence-electron chi connectivity index (χ0n) is 14.7. The van der Waals surface area contributed by atoms with Crippen molar-refractivity contribution in [2.75, 3.05) is 13.2 Å². The third kappa shape index (κ3) is 4.52. The first-order valence-corrected chi connectivity index (χ1v) is 9.45. The standard InChI is InChI=1S/C21H29FO2/c1-16-19(23-14-4-10-17-6-2-7-17)12-13-20(21(16)22)24-15-5-11-18-8-3-9-18/h4,10,12-13,17-18H,2-3,5-9,11,14-15H2,1H3/b10-4+. The molecule has 24 heavy (non-hydrogen) atoms. The summed E-state index contributed by atoms with van der Waals surface area (Å²) in [7, 11) is 0. The average molecular weight is 332 g/mol. The minimum atomic E-state index is -0.292. The highest BCUT2D eigenvalue weighted by Gasteiger charge is 2.17. The van der Waals surface area contributed by atoms with Gasteiger partial charge in [-0.05, 0) is 56.6 Å². The van der Waals surface area contributed by atoms with Crippen molar-refractivity contribution in [1.29, 1.82) is 0 Å². The summed E-state index contributed by atoms with van der Waals surface area (Å²) in [6.07, 6.45) is 14.5. The molecule has 2 saturated carbocycles. The van der Waals surface area contributed by atoms with E-state index in [2.05, 4.69) is 6.08 Å². The van der Waals surface area contributed by atoms with Crippen molar-refractivity contribution in [3.8, 4) is 11.5 Å². The van der Waals surface area contributed by atoms with E-state index in [0.717, 1.165) is 18.3 Å². The highest BCUT2D eigenvalue weighted by atomic mass is 19.1. The molecule has 0 atom stereocenters. The number of halogens is 1. The van der Waals surface area contributed by atoms with E-state index in [0.29, 0.717) is 30.3 Å². The monoisotopic (exact) mass is 332 g/mol. The zero-order chi connectivity index (χ0) is 16.8. The van der Waals surface area contributed by atoms with Crippen LogP contribution in [-0.4, -0.2) is 13.2 Å². The van der Waals surface area contributed by atoms with Gasteiger partial charge in [-0.1, -0.05) is 37.8 Å². The molecule has 2 fully saturated rings. The van der Waals surface area contributed by atoms with Gasteiger partial charge < -0.3 is 9.47 Å². The van der Waals surface area contributed by atoms with Crippen LogP contribution in [0.15, 0.2) is 24.3 Å². The van der Waals surface area contributed by atoms with E-state index in [9.17, 15) is 4.39 Å². The minimum Gasteiger partial charge on any atom is -0.491 e. The molecular weight excluding hydrogens is 303 g/mol. The van der Waals surface area contributed by atoms with Crippen LogP contribution in [0.4, 0.5) is 4.39 Å². The molecule has 3 heteroatoms. The van der Waals surface area contributed by atoms with Crippen LogP contribution in [0.25, 0.3) is 0 Å². The molecule has 0 aromatic heterocycles. The molecule has 2 aliphatic carbocycles. The molecule has 3 rings (SSSR count). The first-order chi connectivity index (χ1) is 11.7. The molecule has 0 spiro atoms. The van der Waals surface area contributed by atoms with Gasteiger partial charge in [0.15, 0.2) is 11.6 Å². The molecule has 0 bridgehead atoms. The van der Waals surface area contributed by atoms with Crippen LogP contribution in [0, 0.1) is 24.6 Å². The molecule has 0 aliphatic heterocycles. The first kappa shape index (κ1) is 17.3. The first-order valence-electron chi connectivity index (χ1n) is 9.45. The Morgan fingerprint density at radius 1 is 1.08 bits per heavy atom. The number of ether oxygens (including phenoxy) is 2. The number of rotatable bonds is 9. The van der Waals surface area contributed by atoms with Gasteiger partial charge >= 0.3 is 0 Å². The fourth-order valence-corrected chi connectivity index (χ4v) is 3.26. The van der Waals surface area contributed by atoms with Crippen LogP contribution in [0.1, 0.15) is 56.9 Å². The van der Waals surface area contributed by atoms with Gasteiger partial charge in [0, 0.05) is 5.56 Å². The Kier molecular flexibility index (Phi) is 6.17. The van der Waals surface area contributed by atoms with E-state index >= 15 is 0 Å². The highest BCUT2D eigenvalue weighted by molar-refractivity contribution is 5.41. The smallest absolute Gasteiger partial charge is 0.171 e. The summed E-state index contributed by atoms with van der Waals surface area (Å²) in [5.74, 6) is 2.26. The molecule has 1 aromatic rings. The molecule has 0 heterocycles. The van der Waals surface area contributed by atoms with E-state index in [1.807, 2.05) is 12.1 Å². The van der Waals surface area contributed by atoms with Crippen LogP contribution in [0.3, 0.4) is 0 Å². The van der Waals surface area contributed by atoms with Gasteiger partial charge in [-0.15, -0.1) is 0 Å². The minimum absolute atomic E-state index is 0.292. The number of benzene rings is 1. The fraction of sp³-hybridized carbons (Fsp3) is 0.619. The number of hydrogen-bond acceptors (Lipinski definition) is 2. The van der Waals surface area contributed by atoms with E-state index < -0.39 is 0 Å². The van der Waals surface area contributed by atoms with Gasteiger partial charge in [-0.25, -0.2) is 4.39 Å². The quantitative estimate of drug-likeness (QED) is 0.418. The highest BCUT2D eigenvalue weighted by Crippen LogP contribution is 2.31. The summed E-state index contributed by atoms with van der Waals surface area (Å²) in [6.45, 7) is 2.84. The van der Waals surface area contributed by atoms with Crippen molar-refractivity contribution in [2.24, 2.45) is 11.8 Å². The maximum absolute atomic E-state index is 14.4. The molecule has 0 radical (unpaired) electrons. The summed E-state index contributed by atoms with van der Waals surface area (Å²) < 4.78 is 25.7. The van der Waals surface area contributed by atoms with Crippen molar-refractivity contribution in [2.45, 2.75) is 58.3 Å².